The van der Waals surface area contributed by atoms with Gasteiger partial charge < -0.3 is 5.11 Å². The van der Waals surface area contributed by atoms with Crippen molar-refractivity contribution in [2.75, 3.05) is 0 Å². The van der Waals surface area contributed by atoms with Gasteiger partial charge in [-0.25, -0.2) is 0 Å². The van der Waals surface area contributed by atoms with Crippen LogP contribution in [0.3, 0.4) is 0 Å². The van der Waals surface area contributed by atoms with E-state index in [1.807, 2.05) is 0 Å². The molecule has 0 saturated carbocycles. The van der Waals surface area contributed by atoms with E-state index in [9.17, 15) is 9.59 Å². The molecule has 1 rings (SSSR count). The van der Waals surface area contributed by atoms with Gasteiger partial charge in [0.25, 0.3) is 5.43 Å². The van der Waals surface area contributed by atoms with Gasteiger partial charge in [-0.3, -0.25) is 9.59 Å². The Hall–Kier alpha value is -1.12. The fourth-order valence-electron chi connectivity index (χ4n) is 1.39. The monoisotopic (exact) mass is 182 g/mol. The first-order valence-corrected chi connectivity index (χ1v) is 4.69. The topological polar surface area (TPSA) is 54.4 Å². The molecular weight excluding hydrogens is 168 g/mol. The van der Waals surface area contributed by atoms with Gasteiger partial charge in [-0.15, -0.1) is 0 Å². The molecule has 72 valence electrons. The van der Waals surface area contributed by atoms with Crippen LogP contribution >= 0.6 is 0 Å². The lowest BCUT2D eigenvalue weighted by atomic mass is 10.0. The van der Waals surface area contributed by atoms with Crippen LogP contribution in [-0.4, -0.2) is 5.11 Å². The molecule has 0 bridgehead atoms. The van der Waals surface area contributed by atoms with Crippen molar-refractivity contribution in [2.24, 2.45) is 0 Å². The molecule has 0 aromatic heterocycles. The molecule has 0 unspecified atom stereocenters. The Balaban J connectivity index is 2.39. The number of aromatic hydroxyl groups is 1. The summed E-state index contributed by atoms with van der Waals surface area (Å²) in [6.45, 7) is 2.11. The highest BCUT2D eigenvalue weighted by atomic mass is 16.3. The molecule has 1 aromatic rings. The number of hydrogen-bond acceptors (Lipinski definition) is 3. The van der Waals surface area contributed by atoms with Crippen molar-refractivity contribution in [3.05, 3.63) is 26.0 Å². The van der Waals surface area contributed by atoms with Crippen LogP contribution in [-0.2, 0) is 6.42 Å². The van der Waals surface area contributed by atoms with E-state index in [-0.39, 0.29) is 5.75 Å². The zero-order chi connectivity index (χ0) is 9.84. The zero-order valence-electron chi connectivity index (χ0n) is 7.80. The quantitative estimate of drug-likeness (QED) is 0.548. The molecule has 0 aliphatic heterocycles. The van der Waals surface area contributed by atoms with E-state index in [2.05, 4.69) is 6.92 Å². The molecule has 0 radical (unpaired) electrons. The maximum Gasteiger partial charge on any atom is 0.267 e. The molecule has 3 heteroatoms. The molecule has 3 nitrogen and oxygen atoms in total. The third kappa shape index (κ3) is 1.97. The summed E-state index contributed by atoms with van der Waals surface area (Å²) in [6, 6.07) is 0. The molecule has 0 aliphatic rings. The molecule has 0 aliphatic carbocycles. The van der Waals surface area contributed by atoms with E-state index in [4.69, 9.17) is 5.11 Å². The molecule has 0 spiro atoms. The minimum Gasteiger partial charge on any atom is -0.504 e. The van der Waals surface area contributed by atoms with Crippen LogP contribution in [0.4, 0.5) is 0 Å². The molecule has 13 heavy (non-hydrogen) atoms. The Morgan fingerprint density at radius 2 is 1.77 bits per heavy atom. The molecule has 0 fully saturated rings. The average Bonchev–Trinajstić information content (AvgIpc) is 2.16. The van der Waals surface area contributed by atoms with Gasteiger partial charge in [0.05, 0.1) is 0 Å². The SMILES string of the molecule is CCCCCCc1c(O)c(=O)c1=O. The third-order valence-electron chi connectivity index (χ3n) is 2.26. The summed E-state index contributed by atoms with van der Waals surface area (Å²) < 4.78 is 0. The normalized spacial score (nSPS) is 10.8. The van der Waals surface area contributed by atoms with Crippen LogP contribution in [0.2, 0.25) is 0 Å². The fraction of sp³-hybridized carbons (Fsp3) is 0.600. The molecule has 0 heterocycles. The summed E-state index contributed by atoms with van der Waals surface area (Å²) in [7, 11) is 0. The first-order chi connectivity index (χ1) is 6.18. The minimum absolute atomic E-state index is 0.304. The molecular formula is C10H14O3. The molecule has 0 saturated heterocycles. The van der Waals surface area contributed by atoms with Gasteiger partial charge in [-0.1, -0.05) is 26.2 Å². The van der Waals surface area contributed by atoms with E-state index in [1.165, 1.54) is 0 Å². The Morgan fingerprint density at radius 3 is 2.31 bits per heavy atom. The van der Waals surface area contributed by atoms with Crippen LogP contribution in [0.5, 0.6) is 5.75 Å². The van der Waals surface area contributed by atoms with Gasteiger partial charge in [-0.2, -0.15) is 0 Å². The molecule has 0 amide bonds. The van der Waals surface area contributed by atoms with E-state index in [1.54, 1.807) is 0 Å². The molecule has 1 aromatic carbocycles. The van der Waals surface area contributed by atoms with Gasteiger partial charge in [0.1, 0.15) is 0 Å². The molecule has 1 N–H and O–H groups in total. The van der Waals surface area contributed by atoms with Crippen LogP contribution < -0.4 is 10.9 Å². The summed E-state index contributed by atoms with van der Waals surface area (Å²) in [4.78, 5) is 21.5. The lowest BCUT2D eigenvalue weighted by Crippen LogP contribution is -2.34. The summed E-state index contributed by atoms with van der Waals surface area (Å²) in [5.74, 6) is -0.304. The predicted octanol–water partition coefficient (Wildman–Crippen LogP) is 1.11. The van der Waals surface area contributed by atoms with Gasteiger partial charge in [-0.05, 0) is 12.8 Å². The summed E-state index contributed by atoms with van der Waals surface area (Å²) in [5, 5.41) is 9.01. The number of rotatable bonds is 5. The second kappa shape index (κ2) is 4.21. The van der Waals surface area contributed by atoms with Crippen LogP contribution in [0, 0.1) is 0 Å². The smallest absolute Gasteiger partial charge is 0.267 e. The van der Waals surface area contributed by atoms with Gasteiger partial charge in [0, 0.05) is 5.56 Å². The van der Waals surface area contributed by atoms with Crippen molar-refractivity contribution in [2.45, 2.75) is 39.0 Å². The predicted molar refractivity (Wildman–Crippen MR) is 50.9 cm³/mol. The van der Waals surface area contributed by atoms with Crippen molar-refractivity contribution >= 4 is 0 Å². The van der Waals surface area contributed by atoms with E-state index < -0.39 is 10.9 Å². The largest absolute Gasteiger partial charge is 0.504 e. The van der Waals surface area contributed by atoms with E-state index in [0.717, 1.165) is 25.7 Å². The van der Waals surface area contributed by atoms with Crippen molar-refractivity contribution < 1.29 is 5.11 Å². The number of unbranched alkanes of at least 4 members (excludes halogenated alkanes) is 3. The fourth-order valence-corrected chi connectivity index (χ4v) is 1.39. The second-order valence-corrected chi connectivity index (χ2v) is 3.30. The second-order valence-electron chi connectivity index (χ2n) is 3.30. The Bertz CT molecular complexity index is 345. The van der Waals surface area contributed by atoms with Gasteiger partial charge in [0.15, 0.2) is 5.75 Å². The van der Waals surface area contributed by atoms with Crippen molar-refractivity contribution in [3.8, 4) is 5.75 Å². The molecule has 0 atom stereocenters. The highest BCUT2D eigenvalue weighted by Crippen LogP contribution is 2.12. The van der Waals surface area contributed by atoms with Gasteiger partial charge >= 0.3 is 0 Å². The first kappa shape index (κ1) is 9.96. The maximum absolute atomic E-state index is 10.9. The zero-order valence-corrected chi connectivity index (χ0v) is 7.80. The maximum atomic E-state index is 10.9. The first-order valence-electron chi connectivity index (χ1n) is 4.69. The number of hydrogen-bond donors (Lipinski definition) is 1. The Labute approximate surface area is 76.7 Å². The summed E-state index contributed by atoms with van der Waals surface area (Å²) in [6.07, 6.45) is 4.76. The highest BCUT2D eigenvalue weighted by molar-refractivity contribution is 5.37. The lowest BCUT2D eigenvalue weighted by molar-refractivity contribution is 0.451. The van der Waals surface area contributed by atoms with Gasteiger partial charge in [0.2, 0.25) is 5.43 Å². The van der Waals surface area contributed by atoms with Crippen LogP contribution in [0.15, 0.2) is 9.59 Å². The Morgan fingerprint density at radius 1 is 1.08 bits per heavy atom. The summed E-state index contributed by atoms with van der Waals surface area (Å²) >= 11 is 0. The minimum atomic E-state index is -0.717. The van der Waals surface area contributed by atoms with Crippen molar-refractivity contribution in [1.29, 1.82) is 0 Å². The average molecular weight is 182 g/mol. The standard InChI is InChI=1S/C10H14O3/c1-2-3-4-5-6-7-8(11)10(13)9(7)12/h11H,2-6H2,1H3. The summed E-state index contributed by atoms with van der Waals surface area (Å²) in [5.41, 5.74) is -0.874. The van der Waals surface area contributed by atoms with E-state index >= 15 is 0 Å². The van der Waals surface area contributed by atoms with Crippen molar-refractivity contribution in [1.82, 2.24) is 0 Å². The lowest BCUT2D eigenvalue weighted by Gasteiger charge is -2.04. The Kier molecular flexibility index (Phi) is 3.23. The highest BCUT2D eigenvalue weighted by Gasteiger charge is 2.18. The van der Waals surface area contributed by atoms with E-state index in [0.29, 0.717) is 12.0 Å². The van der Waals surface area contributed by atoms with Crippen LogP contribution in [0.1, 0.15) is 38.2 Å². The third-order valence-corrected chi connectivity index (χ3v) is 2.26. The van der Waals surface area contributed by atoms with Crippen molar-refractivity contribution in [3.63, 3.8) is 0 Å². The van der Waals surface area contributed by atoms with Crippen LogP contribution in [0.25, 0.3) is 0 Å².